The Morgan fingerprint density at radius 2 is 1.94 bits per heavy atom. The highest BCUT2D eigenvalue weighted by atomic mass is 32.1. The maximum Gasteiger partial charge on any atom is 0.186 e. The number of ether oxygens (including phenoxy) is 1. The molecule has 7 atom stereocenters. The van der Waals surface area contributed by atoms with Gasteiger partial charge in [0.25, 0.3) is 0 Å². The Bertz CT molecular complexity index is 967. The summed E-state index contributed by atoms with van der Waals surface area (Å²) in [6, 6.07) is -0.226. The summed E-state index contributed by atoms with van der Waals surface area (Å²) in [5.41, 5.74) is -0.308. The van der Waals surface area contributed by atoms with E-state index in [1.165, 1.54) is 0 Å². The quantitative estimate of drug-likeness (QED) is 0.551. The minimum atomic E-state index is -1.10. The summed E-state index contributed by atoms with van der Waals surface area (Å²) >= 11 is 1.59. The van der Waals surface area contributed by atoms with E-state index in [-0.39, 0.29) is 24.2 Å². The summed E-state index contributed by atoms with van der Waals surface area (Å²) < 4.78 is 6.19. The molecule has 2 aliphatic rings. The molecule has 35 heavy (non-hydrogen) atoms. The molecule has 8 heteroatoms. The van der Waals surface area contributed by atoms with E-state index < -0.39 is 35.2 Å². The van der Waals surface area contributed by atoms with Gasteiger partial charge in [0.1, 0.15) is 11.9 Å². The van der Waals surface area contributed by atoms with Gasteiger partial charge in [-0.3, -0.25) is 4.79 Å². The van der Waals surface area contributed by atoms with Gasteiger partial charge in [-0.05, 0) is 51.2 Å². The van der Waals surface area contributed by atoms with Crippen molar-refractivity contribution in [3.63, 3.8) is 0 Å². The monoisotopic (exact) mass is 506 g/mol. The van der Waals surface area contributed by atoms with Crippen LogP contribution in [0.25, 0.3) is 6.08 Å². The first-order valence-corrected chi connectivity index (χ1v) is 13.6. The zero-order chi connectivity index (χ0) is 26.1. The van der Waals surface area contributed by atoms with Crippen LogP contribution in [0.5, 0.6) is 0 Å². The Labute approximate surface area is 213 Å². The van der Waals surface area contributed by atoms with Gasteiger partial charge in [-0.2, -0.15) is 0 Å². The number of aromatic nitrogens is 1. The molecule has 1 fully saturated rings. The van der Waals surface area contributed by atoms with E-state index in [2.05, 4.69) is 4.98 Å². The van der Waals surface area contributed by atoms with Crippen molar-refractivity contribution in [1.82, 2.24) is 4.98 Å². The molecule has 3 N–H and O–H groups in total. The average molecular weight is 507 g/mol. The minimum absolute atomic E-state index is 0.0588. The van der Waals surface area contributed by atoms with Crippen LogP contribution in [0.1, 0.15) is 84.3 Å². The van der Waals surface area contributed by atoms with Crippen LogP contribution in [-0.2, 0) is 9.53 Å². The fraction of sp³-hybridized carbons (Fsp3) is 0.741. The number of aliphatic hydroxyl groups excluding tert-OH is 2. The lowest BCUT2D eigenvalue weighted by molar-refractivity contribution is -0.141. The van der Waals surface area contributed by atoms with Crippen LogP contribution in [0.2, 0.25) is 0 Å². The van der Waals surface area contributed by atoms with Crippen molar-refractivity contribution < 1.29 is 24.9 Å². The SMILES string of the molecule is CC(=Cc1csc(C)n1)[C@@H]1C[C@H]2OC(=N1)C[C@H](O)C(C)(C)C(=O)[C@H](C)[C@@H](O)[C@@H](C)CCC[C@@]2(C)O. The molecule has 0 saturated carbocycles. The van der Waals surface area contributed by atoms with Crippen molar-refractivity contribution in [2.24, 2.45) is 22.2 Å². The van der Waals surface area contributed by atoms with Crippen LogP contribution >= 0.6 is 11.3 Å². The van der Waals surface area contributed by atoms with Crippen molar-refractivity contribution in [3.05, 3.63) is 21.7 Å². The lowest BCUT2D eigenvalue weighted by atomic mass is 9.72. The van der Waals surface area contributed by atoms with Gasteiger partial charge in [-0.1, -0.05) is 34.1 Å². The fourth-order valence-corrected chi connectivity index (χ4v) is 5.72. The normalized spacial score (nSPS) is 37.3. The molecule has 1 saturated heterocycles. The Hall–Kier alpha value is -1.61. The number of carbonyl (C=O) groups is 1. The molecule has 7 nitrogen and oxygen atoms in total. The molecule has 0 amide bonds. The smallest absolute Gasteiger partial charge is 0.186 e. The fourth-order valence-electron chi connectivity index (χ4n) is 5.15. The number of aliphatic hydroxyl groups is 3. The second kappa shape index (κ2) is 10.8. The number of Topliss-reactive ketones (excluding diaryl/α,β-unsaturated/α-hetero) is 1. The van der Waals surface area contributed by atoms with Gasteiger partial charge in [-0.15, -0.1) is 11.3 Å². The number of rotatable bonds is 2. The molecule has 3 heterocycles. The first kappa shape index (κ1) is 28.0. The number of thiazole rings is 1. The van der Waals surface area contributed by atoms with Crippen molar-refractivity contribution in [3.8, 4) is 0 Å². The predicted octanol–water partition coefficient (Wildman–Crippen LogP) is 4.33. The Kier molecular flexibility index (Phi) is 8.62. The maximum atomic E-state index is 13.3. The van der Waals surface area contributed by atoms with E-state index in [1.807, 2.05) is 32.2 Å². The third-order valence-corrected chi connectivity index (χ3v) is 8.73. The van der Waals surface area contributed by atoms with E-state index >= 15 is 0 Å². The summed E-state index contributed by atoms with van der Waals surface area (Å²) in [5, 5.41) is 36.4. The number of fused-ring (bicyclic) bond motifs is 2. The number of nitrogens with zero attached hydrogens (tertiary/aromatic N) is 2. The van der Waals surface area contributed by atoms with E-state index in [4.69, 9.17) is 9.73 Å². The third kappa shape index (κ3) is 6.40. The summed E-state index contributed by atoms with van der Waals surface area (Å²) in [6.07, 6.45) is 2.10. The second-order valence-electron chi connectivity index (χ2n) is 11.4. The van der Waals surface area contributed by atoms with E-state index in [0.29, 0.717) is 31.6 Å². The van der Waals surface area contributed by atoms with Gasteiger partial charge in [0.05, 0.1) is 46.4 Å². The number of hydrogen-bond acceptors (Lipinski definition) is 8. The molecule has 0 aromatic carbocycles. The van der Waals surface area contributed by atoms with Crippen LogP contribution in [0.3, 0.4) is 0 Å². The van der Waals surface area contributed by atoms with Gasteiger partial charge in [-0.25, -0.2) is 9.98 Å². The second-order valence-corrected chi connectivity index (χ2v) is 12.4. The molecule has 3 rings (SSSR count). The lowest BCUT2D eigenvalue weighted by Crippen LogP contribution is -2.49. The van der Waals surface area contributed by atoms with Gasteiger partial charge < -0.3 is 20.1 Å². The summed E-state index contributed by atoms with van der Waals surface area (Å²) in [6.45, 7) is 12.9. The zero-order valence-corrected chi connectivity index (χ0v) is 22.9. The van der Waals surface area contributed by atoms with Crippen LogP contribution < -0.4 is 0 Å². The molecular weight excluding hydrogens is 464 g/mol. The number of ketones is 1. The van der Waals surface area contributed by atoms with Crippen LogP contribution in [-0.4, -0.2) is 61.9 Å². The Morgan fingerprint density at radius 1 is 1.26 bits per heavy atom. The first-order chi connectivity index (χ1) is 16.2. The lowest BCUT2D eigenvalue weighted by Gasteiger charge is -2.40. The molecule has 0 aliphatic carbocycles. The topological polar surface area (TPSA) is 112 Å². The van der Waals surface area contributed by atoms with Gasteiger partial charge in [0, 0.05) is 17.7 Å². The summed E-state index contributed by atoms with van der Waals surface area (Å²) in [4.78, 5) is 22.6. The van der Waals surface area contributed by atoms with Crippen molar-refractivity contribution >= 4 is 29.1 Å². The Morgan fingerprint density at radius 3 is 2.57 bits per heavy atom. The molecule has 2 bridgehead atoms. The highest BCUT2D eigenvalue weighted by Crippen LogP contribution is 2.36. The number of aryl methyl sites for hydroxylation is 1. The van der Waals surface area contributed by atoms with E-state index in [0.717, 1.165) is 16.3 Å². The molecule has 196 valence electrons. The predicted molar refractivity (Wildman–Crippen MR) is 139 cm³/mol. The largest absolute Gasteiger partial charge is 0.474 e. The van der Waals surface area contributed by atoms with Crippen molar-refractivity contribution in [2.75, 3.05) is 0 Å². The van der Waals surface area contributed by atoms with Gasteiger partial charge in [0.2, 0.25) is 0 Å². The zero-order valence-electron chi connectivity index (χ0n) is 22.1. The van der Waals surface area contributed by atoms with Gasteiger partial charge >= 0.3 is 0 Å². The number of aliphatic imine (C=N–C) groups is 1. The van der Waals surface area contributed by atoms with Crippen molar-refractivity contribution in [2.45, 2.75) is 111 Å². The highest BCUT2D eigenvalue weighted by molar-refractivity contribution is 7.09. The highest BCUT2D eigenvalue weighted by Gasteiger charge is 2.44. The number of hydrogen-bond donors (Lipinski definition) is 3. The number of carbonyl (C=O) groups excluding carboxylic acids is 1. The van der Waals surface area contributed by atoms with E-state index in [1.54, 1.807) is 39.0 Å². The molecule has 0 radical (unpaired) electrons. The van der Waals surface area contributed by atoms with E-state index in [9.17, 15) is 20.1 Å². The maximum absolute atomic E-state index is 13.3. The van der Waals surface area contributed by atoms with Crippen molar-refractivity contribution in [1.29, 1.82) is 0 Å². The molecule has 0 spiro atoms. The first-order valence-electron chi connectivity index (χ1n) is 12.7. The van der Waals surface area contributed by atoms with Crippen LogP contribution in [0, 0.1) is 24.2 Å². The minimum Gasteiger partial charge on any atom is -0.474 e. The third-order valence-electron chi connectivity index (χ3n) is 7.93. The molecule has 0 unspecified atom stereocenters. The average Bonchev–Trinajstić information content (AvgIpc) is 3.20. The van der Waals surface area contributed by atoms with Crippen LogP contribution in [0.15, 0.2) is 15.9 Å². The molecule has 1 aromatic rings. The van der Waals surface area contributed by atoms with Gasteiger partial charge in [0.15, 0.2) is 5.90 Å². The molecule has 2 aliphatic heterocycles. The van der Waals surface area contributed by atoms with Crippen LogP contribution in [0.4, 0.5) is 0 Å². The standard InChI is InChI=1S/C27H42N2O5S/c1-15-9-8-10-27(7,33)22-12-20(16(2)11-19-14-35-18(4)28-19)29-23(34-22)13-21(30)26(5,6)25(32)17(3)24(15)31/h11,14-15,17,20-22,24,30-31,33H,8-10,12-13H2,1-7H3/t15-,17+,20-,21-,22+,24-,27+/m0/s1. The summed E-state index contributed by atoms with van der Waals surface area (Å²) in [7, 11) is 0. The molecular formula is C27H42N2O5S. The Balaban J connectivity index is 1.97. The molecule has 1 aromatic heterocycles. The summed E-state index contributed by atoms with van der Waals surface area (Å²) in [5.74, 6) is -0.544.